The molecule has 0 fully saturated rings. The largest absolute Gasteiger partial charge is 0.486 e. The number of imidazole rings is 1. The molecular formula is C13H13F3N2O2. The first-order valence-electron chi connectivity index (χ1n) is 5.89. The molecule has 7 heteroatoms. The Labute approximate surface area is 113 Å². The number of hydrogen-bond donors (Lipinski definition) is 1. The average molecular weight is 286 g/mol. The van der Waals surface area contributed by atoms with Crippen LogP contribution in [0.15, 0.2) is 30.6 Å². The zero-order valence-electron chi connectivity index (χ0n) is 10.6. The minimum atomic E-state index is -2.70. The zero-order valence-corrected chi connectivity index (χ0v) is 10.6. The van der Waals surface area contributed by atoms with E-state index in [9.17, 15) is 18.3 Å². The molecule has 0 unspecified atom stereocenters. The first-order chi connectivity index (χ1) is 9.49. The maximum atomic E-state index is 13.6. The second-order valence-electron chi connectivity index (χ2n) is 4.18. The van der Waals surface area contributed by atoms with Gasteiger partial charge in [-0.05, 0) is 19.1 Å². The summed E-state index contributed by atoms with van der Waals surface area (Å²) in [4.78, 5) is 3.74. The number of hydrogen-bond acceptors (Lipinski definition) is 3. The van der Waals surface area contributed by atoms with Crippen molar-refractivity contribution < 1.29 is 23.0 Å². The van der Waals surface area contributed by atoms with Gasteiger partial charge in [0.1, 0.15) is 18.2 Å². The van der Waals surface area contributed by atoms with Gasteiger partial charge >= 0.3 is 6.55 Å². The number of benzene rings is 1. The number of aliphatic hydroxyl groups is 1. The van der Waals surface area contributed by atoms with E-state index >= 15 is 0 Å². The Bertz CT molecular complexity index is 585. The van der Waals surface area contributed by atoms with E-state index in [2.05, 4.69) is 4.98 Å². The number of halogens is 3. The minimum Gasteiger partial charge on any atom is -0.486 e. The van der Waals surface area contributed by atoms with Crippen LogP contribution in [-0.2, 0) is 6.61 Å². The van der Waals surface area contributed by atoms with Gasteiger partial charge in [0.05, 0.1) is 6.10 Å². The molecule has 2 aromatic rings. The molecule has 2 rings (SSSR count). The highest BCUT2D eigenvalue weighted by molar-refractivity contribution is 5.30. The highest BCUT2D eigenvalue weighted by Crippen LogP contribution is 2.22. The molecule has 0 bridgehead atoms. The van der Waals surface area contributed by atoms with Crippen molar-refractivity contribution in [2.24, 2.45) is 0 Å². The Hall–Kier alpha value is -2.02. The van der Waals surface area contributed by atoms with Gasteiger partial charge in [-0.3, -0.25) is 4.57 Å². The van der Waals surface area contributed by atoms with Crippen molar-refractivity contribution in [2.45, 2.75) is 26.2 Å². The number of nitrogens with zero attached hydrogens (tertiary/aromatic N) is 2. The maximum absolute atomic E-state index is 13.6. The smallest absolute Gasteiger partial charge is 0.320 e. The van der Waals surface area contributed by atoms with Gasteiger partial charge in [-0.2, -0.15) is 8.78 Å². The minimum absolute atomic E-state index is 0.0417. The van der Waals surface area contributed by atoms with Crippen LogP contribution in [0.25, 0.3) is 0 Å². The number of alkyl halides is 2. The lowest BCUT2D eigenvalue weighted by Gasteiger charge is -2.11. The molecule has 4 nitrogen and oxygen atoms in total. The van der Waals surface area contributed by atoms with Crippen molar-refractivity contribution in [1.82, 2.24) is 9.55 Å². The van der Waals surface area contributed by atoms with E-state index in [0.29, 0.717) is 4.57 Å². The van der Waals surface area contributed by atoms with Crippen molar-refractivity contribution in [1.29, 1.82) is 0 Å². The van der Waals surface area contributed by atoms with Gasteiger partial charge in [0, 0.05) is 24.0 Å². The molecular weight excluding hydrogens is 273 g/mol. The van der Waals surface area contributed by atoms with Gasteiger partial charge in [0.25, 0.3) is 0 Å². The lowest BCUT2D eigenvalue weighted by atomic mass is 10.1. The Balaban J connectivity index is 2.08. The topological polar surface area (TPSA) is 47.3 Å². The third-order valence-electron chi connectivity index (χ3n) is 2.75. The van der Waals surface area contributed by atoms with Crippen LogP contribution in [0.1, 0.15) is 31.0 Å². The summed E-state index contributed by atoms with van der Waals surface area (Å²) in [5, 5.41) is 9.30. The molecule has 0 spiro atoms. The molecule has 0 aliphatic carbocycles. The summed E-state index contributed by atoms with van der Waals surface area (Å²) >= 11 is 0. The standard InChI is InChI=1S/C13H13F3N2O2/c1-8(19)10-3-2-9(6-11(10)14)20-7-12-17-4-5-18(12)13(15)16/h2-6,8,13,19H,7H2,1H3/t8-/m1/s1. The lowest BCUT2D eigenvalue weighted by Crippen LogP contribution is -2.07. The Morgan fingerprint density at radius 3 is 2.75 bits per heavy atom. The molecule has 1 aromatic carbocycles. The van der Waals surface area contributed by atoms with Gasteiger partial charge in [-0.15, -0.1) is 0 Å². The number of aliphatic hydroxyl groups excluding tert-OH is 1. The molecule has 1 aromatic heterocycles. The fourth-order valence-corrected chi connectivity index (χ4v) is 1.72. The quantitative estimate of drug-likeness (QED) is 0.919. The Morgan fingerprint density at radius 1 is 1.40 bits per heavy atom. The van der Waals surface area contributed by atoms with Crippen molar-refractivity contribution in [3.05, 3.63) is 47.8 Å². The second kappa shape index (κ2) is 5.96. The summed E-state index contributed by atoms with van der Waals surface area (Å²) in [7, 11) is 0. The third kappa shape index (κ3) is 3.11. The van der Waals surface area contributed by atoms with Gasteiger partial charge < -0.3 is 9.84 Å². The van der Waals surface area contributed by atoms with E-state index < -0.39 is 18.5 Å². The third-order valence-corrected chi connectivity index (χ3v) is 2.75. The van der Waals surface area contributed by atoms with E-state index in [-0.39, 0.29) is 23.7 Å². The van der Waals surface area contributed by atoms with Gasteiger partial charge in [-0.25, -0.2) is 9.37 Å². The predicted molar refractivity (Wildman–Crippen MR) is 64.8 cm³/mol. The summed E-state index contributed by atoms with van der Waals surface area (Å²) in [6.45, 7) is -1.46. The molecule has 1 heterocycles. The molecule has 0 saturated carbocycles. The van der Waals surface area contributed by atoms with Crippen LogP contribution < -0.4 is 4.74 Å². The monoisotopic (exact) mass is 286 g/mol. The molecule has 1 N–H and O–H groups in total. The molecule has 20 heavy (non-hydrogen) atoms. The summed E-state index contributed by atoms with van der Waals surface area (Å²) < 4.78 is 44.6. The second-order valence-corrected chi connectivity index (χ2v) is 4.18. The number of rotatable bonds is 5. The summed E-state index contributed by atoms with van der Waals surface area (Å²) in [5.74, 6) is -0.398. The fraction of sp³-hybridized carbons (Fsp3) is 0.308. The molecule has 1 atom stereocenters. The SMILES string of the molecule is C[C@@H](O)c1ccc(OCc2nccn2C(F)F)cc1F. The van der Waals surface area contributed by atoms with Gasteiger partial charge in [-0.1, -0.05) is 0 Å². The average Bonchev–Trinajstić information content (AvgIpc) is 2.84. The summed E-state index contributed by atoms with van der Waals surface area (Å²) in [5.41, 5.74) is 0.145. The van der Waals surface area contributed by atoms with Crippen LogP contribution in [0, 0.1) is 5.82 Å². The van der Waals surface area contributed by atoms with Gasteiger partial charge in [0.15, 0.2) is 5.82 Å². The van der Waals surface area contributed by atoms with Crippen molar-refractivity contribution >= 4 is 0 Å². The first kappa shape index (κ1) is 14.4. The molecule has 0 saturated heterocycles. The predicted octanol–water partition coefficient (Wildman–Crippen LogP) is 3.05. The van der Waals surface area contributed by atoms with E-state index in [1.165, 1.54) is 25.3 Å². The normalized spacial score (nSPS) is 12.7. The zero-order chi connectivity index (χ0) is 14.7. The molecule has 0 aliphatic heterocycles. The first-order valence-corrected chi connectivity index (χ1v) is 5.89. The van der Waals surface area contributed by atoms with E-state index in [1.54, 1.807) is 0 Å². The van der Waals surface area contributed by atoms with Crippen LogP contribution in [0.2, 0.25) is 0 Å². The highest BCUT2D eigenvalue weighted by Gasteiger charge is 2.13. The Kier molecular flexibility index (Phi) is 4.29. The van der Waals surface area contributed by atoms with Crippen LogP contribution in [-0.4, -0.2) is 14.7 Å². The number of ether oxygens (including phenoxy) is 1. The van der Waals surface area contributed by atoms with Crippen LogP contribution in [0.4, 0.5) is 13.2 Å². The van der Waals surface area contributed by atoms with Crippen molar-refractivity contribution in [3.8, 4) is 5.75 Å². The fourth-order valence-electron chi connectivity index (χ4n) is 1.72. The van der Waals surface area contributed by atoms with E-state index in [0.717, 1.165) is 12.3 Å². The highest BCUT2D eigenvalue weighted by atomic mass is 19.3. The van der Waals surface area contributed by atoms with Crippen LogP contribution in [0.5, 0.6) is 5.75 Å². The maximum Gasteiger partial charge on any atom is 0.320 e. The van der Waals surface area contributed by atoms with Crippen LogP contribution >= 0.6 is 0 Å². The van der Waals surface area contributed by atoms with Crippen molar-refractivity contribution in [2.75, 3.05) is 0 Å². The summed E-state index contributed by atoms with van der Waals surface area (Å²) in [6, 6.07) is 3.94. The molecule has 0 amide bonds. The van der Waals surface area contributed by atoms with E-state index in [1.807, 2.05) is 0 Å². The molecule has 0 radical (unpaired) electrons. The summed E-state index contributed by atoms with van der Waals surface area (Å²) in [6.07, 6.45) is 1.45. The van der Waals surface area contributed by atoms with Crippen LogP contribution in [0.3, 0.4) is 0 Å². The molecule has 108 valence electrons. The lowest BCUT2D eigenvalue weighted by molar-refractivity contribution is 0.0632. The number of aromatic nitrogens is 2. The van der Waals surface area contributed by atoms with Crippen molar-refractivity contribution in [3.63, 3.8) is 0 Å². The van der Waals surface area contributed by atoms with Gasteiger partial charge in [0.2, 0.25) is 0 Å². The molecule has 0 aliphatic rings. The Morgan fingerprint density at radius 2 is 2.15 bits per heavy atom. The van der Waals surface area contributed by atoms with E-state index in [4.69, 9.17) is 4.74 Å².